The Morgan fingerprint density at radius 2 is 1.48 bits per heavy atom. The molecule has 8 heteroatoms. The summed E-state index contributed by atoms with van der Waals surface area (Å²) in [5, 5.41) is 2.59. The van der Waals surface area contributed by atoms with Crippen LogP contribution < -0.4 is 11.1 Å². The third-order valence-corrected chi connectivity index (χ3v) is 4.67. The van der Waals surface area contributed by atoms with Crippen LogP contribution in [-0.4, -0.2) is 90.8 Å². The number of likely N-dealkylation sites (N-methyl/N-ethyl adjacent to an activating group) is 1. The Kier molecular flexibility index (Phi) is 8.85. The van der Waals surface area contributed by atoms with Crippen LogP contribution in [0.1, 0.15) is 27.7 Å². The van der Waals surface area contributed by atoms with E-state index < -0.39 is 6.04 Å². The Bertz CT molecular complexity index is 457. The number of amides is 3. The normalized spacial score (nSPS) is 16.3. The van der Waals surface area contributed by atoms with E-state index in [4.69, 9.17) is 5.73 Å². The lowest BCUT2D eigenvalue weighted by Gasteiger charge is -2.35. The van der Waals surface area contributed by atoms with E-state index in [0.29, 0.717) is 32.7 Å². The Balaban J connectivity index is 2.37. The maximum absolute atomic E-state index is 12.3. The van der Waals surface area contributed by atoms with Crippen molar-refractivity contribution in [3.05, 3.63) is 0 Å². The summed E-state index contributed by atoms with van der Waals surface area (Å²) in [7, 11) is 0. The zero-order valence-corrected chi connectivity index (χ0v) is 16.0. The highest BCUT2D eigenvalue weighted by molar-refractivity contribution is 5.87. The molecule has 0 radical (unpaired) electrons. The van der Waals surface area contributed by atoms with Crippen LogP contribution >= 0.6 is 0 Å². The molecule has 1 saturated heterocycles. The summed E-state index contributed by atoms with van der Waals surface area (Å²) >= 11 is 0. The summed E-state index contributed by atoms with van der Waals surface area (Å²) in [4.78, 5) is 41.8. The highest BCUT2D eigenvalue weighted by Gasteiger charge is 2.25. The number of hydrogen-bond donors (Lipinski definition) is 2. The predicted octanol–water partition coefficient (Wildman–Crippen LogP) is -0.901. The molecule has 0 aromatic heterocycles. The summed E-state index contributed by atoms with van der Waals surface area (Å²) in [6.45, 7) is 11.9. The molecule has 1 fully saturated rings. The molecule has 0 unspecified atom stereocenters. The first-order valence-electron chi connectivity index (χ1n) is 9.11. The molecule has 8 nitrogen and oxygen atoms in total. The molecule has 0 saturated carbocycles. The topological polar surface area (TPSA) is 99.0 Å². The van der Waals surface area contributed by atoms with E-state index in [0.717, 1.165) is 13.1 Å². The van der Waals surface area contributed by atoms with Crippen molar-refractivity contribution in [3.8, 4) is 0 Å². The van der Waals surface area contributed by atoms with E-state index >= 15 is 0 Å². The number of rotatable bonds is 8. The van der Waals surface area contributed by atoms with Crippen molar-refractivity contribution in [1.82, 2.24) is 20.0 Å². The second kappa shape index (κ2) is 10.4. The molecule has 1 atom stereocenters. The van der Waals surface area contributed by atoms with Gasteiger partial charge in [0, 0.05) is 26.2 Å². The Hall–Kier alpha value is -1.67. The highest BCUT2D eigenvalue weighted by atomic mass is 16.2. The molecule has 1 heterocycles. The molecular weight excluding hydrogens is 322 g/mol. The largest absolute Gasteiger partial charge is 0.346 e. The van der Waals surface area contributed by atoms with Crippen molar-refractivity contribution in [2.75, 3.05) is 52.4 Å². The average molecular weight is 355 g/mol. The van der Waals surface area contributed by atoms with Crippen LogP contribution in [0.4, 0.5) is 0 Å². The lowest BCUT2D eigenvalue weighted by atomic mass is 10.1. The van der Waals surface area contributed by atoms with Gasteiger partial charge in [0.05, 0.1) is 19.1 Å². The van der Waals surface area contributed by atoms with Crippen LogP contribution in [0.15, 0.2) is 0 Å². The molecular formula is C17H33N5O3. The SMILES string of the molecule is CCN(CC)CC(=O)N1CCN(C(=O)CNC(=O)[C@@H](N)C(C)C)CC1. The molecule has 3 amide bonds. The molecule has 0 bridgehead atoms. The first kappa shape index (κ1) is 21.4. The standard InChI is InChI=1S/C17H33N5O3/c1-5-20(6-2)12-15(24)22-9-7-21(8-10-22)14(23)11-19-17(25)16(18)13(3)4/h13,16H,5-12,18H2,1-4H3,(H,19,25)/t16-/m0/s1. The molecule has 0 spiro atoms. The van der Waals surface area contributed by atoms with Crippen LogP contribution in [0.5, 0.6) is 0 Å². The number of nitrogens with one attached hydrogen (secondary N) is 1. The third-order valence-electron chi connectivity index (χ3n) is 4.67. The van der Waals surface area contributed by atoms with Crippen molar-refractivity contribution in [2.24, 2.45) is 11.7 Å². The molecule has 1 aliphatic heterocycles. The Labute approximate surface area is 150 Å². The van der Waals surface area contributed by atoms with Gasteiger partial charge in [-0.1, -0.05) is 27.7 Å². The average Bonchev–Trinajstić information content (AvgIpc) is 2.62. The zero-order valence-electron chi connectivity index (χ0n) is 16.0. The van der Waals surface area contributed by atoms with E-state index in [-0.39, 0.29) is 30.2 Å². The number of carbonyl (C=O) groups excluding carboxylic acids is 3. The number of piperazine rings is 1. The van der Waals surface area contributed by atoms with E-state index in [2.05, 4.69) is 10.2 Å². The number of carbonyl (C=O) groups is 3. The molecule has 0 aromatic rings. The fourth-order valence-corrected chi connectivity index (χ4v) is 2.64. The summed E-state index contributed by atoms with van der Waals surface area (Å²) < 4.78 is 0. The second-order valence-electron chi connectivity index (χ2n) is 6.71. The van der Waals surface area contributed by atoms with Crippen molar-refractivity contribution >= 4 is 17.7 Å². The van der Waals surface area contributed by atoms with Crippen molar-refractivity contribution < 1.29 is 14.4 Å². The van der Waals surface area contributed by atoms with E-state index in [1.807, 2.05) is 27.7 Å². The molecule has 1 rings (SSSR count). The zero-order chi connectivity index (χ0) is 19.0. The van der Waals surface area contributed by atoms with Crippen LogP contribution in [0.3, 0.4) is 0 Å². The van der Waals surface area contributed by atoms with Gasteiger partial charge >= 0.3 is 0 Å². The Morgan fingerprint density at radius 1 is 1.00 bits per heavy atom. The third kappa shape index (κ3) is 6.62. The number of nitrogens with two attached hydrogens (primary N) is 1. The lowest BCUT2D eigenvalue weighted by molar-refractivity contribution is -0.140. The van der Waals surface area contributed by atoms with Gasteiger partial charge in [-0.3, -0.25) is 19.3 Å². The van der Waals surface area contributed by atoms with Gasteiger partial charge in [-0.05, 0) is 19.0 Å². The van der Waals surface area contributed by atoms with Gasteiger partial charge in [-0.25, -0.2) is 0 Å². The quantitative estimate of drug-likeness (QED) is 0.588. The van der Waals surface area contributed by atoms with Crippen molar-refractivity contribution in [1.29, 1.82) is 0 Å². The number of hydrogen-bond acceptors (Lipinski definition) is 5. The maximum Gasteiger partial charge on any atom is 0.242 e. The molecule has 25 heavy (non-hydrogen) atoms. The van der Waals surface area contributed by atoms with E-state index in [9.17, 15) is 14.4 Å². The first-order valence-corrected chi connectivity index (χ1v) is 9.11. The molecule has 1 aliphatic rings. The van der Waals surface area contributed by atoms with Crippen LogP contribution in [0.25, 0.3) is 0 Å². The molecule has 0 aliphatic carbocycles. The van der Waals surface area contributed by atoms with Gasteiger partial charge in [-0.15, -0.1) is 0 Å². The van der Waals surface area contributed by atoms with Gasteiger partial charge in [0.2, 0.25) is 17.7 Å². The minimum atomic E-state index is -0.609. The summed E-state index contributed by atoms with van der Waals surface area (Å²) in [5.41, 5.74) is 5.75. The van der Waals surface area contributed by atoms with Crippen LogP contribution in [0.2, 0.25) is 0 Å². The maximum atomic E-state index is 12.3. The van der Waals surface area contributed by atoms with Gasteiger partial charge in [0.1, 0.15) is 0 Å². The van der Waals surface area contributed by atoms with E-state index in [1.54, 1.807) is 9.80 Å². The smallest absolute Gasteiger partial charge is 0.242 e. The van der Waals surface area contributed by atoms with Gasteiger partial charge in [-0.2, -0.15) is 0 Å². The molecule has 144 valence electrons. The van der Waals surface area contributed by atoms with Gasteiger partial charge in [0.25, 0.3) is 0 Å². The summed E-state index contributed by atoms with van der Waals surface area (Å²) in [6, 6.07) is -0.609. The van der Waals surface area contributed by atoms with Crippen molar-refractivity contribution in [2.45, 2.75) is 33.7 Å². The van der Waals surface area contributed by atoms with Gasteiger partial charge < -0.3 is 20.9 Å². The molecule has 3 N–H and O–H groups in total. The van der Waals surface area contributed by atoms with Crippen LogP contribution in [-0.2, 0) is 14.4 Å². The minimum Gasteiger partial charge on any atom is -0.346 e. The number of nitrogens with zero attached hydrogens (tertiary/aromatic N) is 3. The monoisotopic (exact) mass is 355 g/mol. The minimum absolute atomic E-state index is 0.0236. The Morgan fingerprint density at radius 3 is 1.92 bits per heavy atom. The highest BCUT2D eigenvalue weighted by Crippen LogP contribution is 2.04. The summed E-state index contributed by atoms with van der Waals surface area (Å²) in [5.74, 6) is -0.320. The van der Waals surface area contributed by atoms with Crippen LogP contribution in [0, 0.1) is 5.92 Å². The van der Waals surface area contributed by atoms with E-state index in [1.165, 1.54) is 0 Å². The fourth-order valence-electron chi connectivity index (χ4n) is 2.64. The fraction of sp³-hybridized carbons (Fsp3) is 0.824. The van der Waals surface area contributed by atoms with Gasteiger partial charge in [0.15, 0.2) is 0 Å². The second-order valence-corrected chi connectivity index (χ2v) is 6.71. The molecule has 0 aromatic carbocycles. The lowest BCUT2D eigenvalue weighted by Crippen LogP contribution is -2.55. The first-order chi connectivity index (χ1) is 11.8. The summed E-state index contributed by atoms with van der Waals surface area (Å²) in [6.07, 6.45) is 0. The predicted molar refractivity (Wildman–Crippen MR) is 96.8 cm³/mol. The van der Waals surface area contributed by atoms with Crippen molar-refractivity contribution in [3.63, 3.8) is 0 Å².